The standard InChI is InChI=1S/C43H53NO13S/c1-7-8-19-58-39(52)44-31(25-15-11-9-12-16-25)33(48)38(51)55-27-21-43(53)36(56-37(50)26-17-13-10-14-18-26)34-41(6,35(49)32(47)30(23(27)2)40(43,4)5)28(46)20-29-42(34,22-54-29)57-24(3)45/h9-18,27-29,31-34,36,46-48,53H,7-8,19-22H2,1-6H3,(H,44,52)/t27-,28-,29+,31-,32+,33+,34-,36-,41+,42-,43+/m0/s1. The summed E-state index contributed by atoms with van der Waals surface area (Å²) < 4.78 is 24.2. The predicted octanol–water partition coefficient (Wildman–Crippen LogP) is 3.98. The smallest absolute Gasteiger partial charge is 0.338 e. The first-order chi connectivity index (χ1) is 27.3. The van der Waals surface area contributed by atoms with E-state index in [2.05, 4.69) is 5.32 Å². The Morgan fingerprint density at radius 3 is 2.22 bits per heavy atom. The molecular formula is C43H53NO13S. The molecule has 3 fully saturated rings. The average molecular weight is 824 g/mol. The minimum Gasteiger partial charge on any atom is -0.456 e. The van der Waals surface area contributed by atoms with Gasteiger partial charge in [-0.25, -0.2) is 9.59 Å². The Kier molecular flexibility index (Phi) is 12.4. The molecule has 1 saturated heterocycles. The van der Waals surface area contributed by atoms with Crippen molar-refractivity contribution in [1.82, 2.24) is 5.32 Å². The van der Waals surface area contributed by atoms with Crippen molar-refractivity contribution in [2.45, 2.75) is 121 Å². The van der Waals surface area contributed by atoms with Crippen LogP contribution in [0.4, 0.5) is 4.79 Å². The van der Waals surface area contributed by atoms with Crippen LogP contribution in [0, 0.1) is 16.7 Å². The molecule has 2 aromatic rings. The highest BCUT2D eigenvalue weighted by atomic mass is 32.2. The number of ketones is 1. The van der Waals surface area contributed by atoms with E-state index < -0.39 is 106 Å². The molecule has 2 bridgehead atoms. The Balaban J connectivity index is 1.47. The minimum absolute atomic E-state index is 0.0417. The van der Waals surface area contributed by atoms with Crippen molar-refractivity contribution in [3.05, 3.63) is 82.9 Å². The second-order valence-corrected chi connectivity index (χ2v) is 17.6. The lowest BCUT2D eigenvalue weighted by Crippen LogP contribution is -2.81. The van der Waals surface area contributed by atoms with Gasteiger partial charge in [0.05, 0.1) is 35.6 Å². The molecule has 1 amide bonds. The summed E-state index contributed by atoms with van der Waals surface area (Å²) in [7, 11) is 0. The molecule has 1 heterocycles. The largest absolute Gasteiger partial charge is 0.456 e. The number of esters is 3. The van der Waals surface area contributed by atoms with E-state index in [0.29, 0.717) is 11.3 Å². The topological polar surface area (TPSA) is 215 Å². The number of thioether (sulfide) groups is 1. The van der Waals surface area contributed by atoms with E-state index in [1.165, 1.54) is 26.0 Å². The Bertz CT molecular complexity index is 1940. The highest BCUT2D eigenvalue weighted by Gasteiger charge is 2.78. The molecule has 1 aliphatic heterocycles. The molecule has 15 heteroatoms. The van der Waals surface area contributed by atoms with Crippen LogP contribution in [-0.2, 0) is 33.3 Å². The molecule has 14 nitrogen and oxygen atoms in total. The van der Waals surface area contributed by atoms with Crippen LogP contribution in [0.15, 0.2) is 71.8 Å². The van der Waals surface area contributed by atoms with Crippen LogP contribution >= 0.6 is 11.8 Å². The minimum atomic E-state index is -2.33. The molecule has 5 N–H and O–H groups in total. The van der Waals surface area contributed by atoms with E-state index in [-0.39, 0.29) is 29.7 Å². The van der Waals surface area contributed by atoms with E-state index in [1.807, 2.05) is 6.92 Å². The molecule has 11 atom stereocenters. The summed E-state index contributed by atoms with van der Waals surface area (Å²) in [6, 6.07) is 15.0. The van der Waals surface area contributed by atoms with Crippen molar-refractivity contribution < 1.29 is 63.3 Å². The third-order valence-corrected chi connectivity index (χ3v) is 13.8. The number of Topliss-reactive ketones (excluding diaryl/α,β-unsaturated/α-hetero) is 1. The van der Waals surface area contributed by atoms with Gasteiger partial charge >= 0.3 is 17.9 Å². The summed E-state index contributed by atoms with van der Waals surface area (Å²) >= 11 is 1.01. The number of hydrogen-bond donors (Lipinski definition) is 5. The molecule has 58 heavy (non-hydrogen) atoms. The van der Waals surface area contributed by atoms with E-state index >= 15 is 0 Å². The van der Waals surface area contributed by atoms with Crippen molar-refractivity contribution in [1.29, 1.82) is 0 Å². The van der Waals surface area contributed by atoms with Crippen LogP contribution < -0.4 is 5.32 Å². The molecule has 3 aliphatic carbocycles. The number of hydrogen-bond acceptors (Lipinski definition) is 14. The fourth-order valence-corrected chi connectivity index (χ4v) is 10.4. The maximum atomic E-state index is 15.0. The van der Waals surface area contributed by atoms with Gasteiger partial charge in [0.1, 0.15) is 30.0 Å². The van der Waals surface area contributed by atoms with Crippen molar-refractivity contribution >= 4 is 40.7 Å². The summed E-state index contributed by atoms with van der Waals surface area (Å²) in [6.45, 7) is 8.92. The van der Waals surface area contributed by atoms with Gasteiger partial charge in [0, 0.05) is 30.9 Å². The average Bonchev–Trinajstić information content (AvgIpc) is 3.18. The first-order valence-corrected chi connectivity index (χ1v) is 20.6. The number of unbranched alkanes of at least 4 members (excludes halogenated alkanes) is 1. The SMILES string of the molecule is CCCCSC(=O)N[C@@H](c1ccccc1)[C@@H](O)C(=O)O[C@H]1C[C@@]2(O)[C@@H](OC(=O)c3ccccc3)[C@@H]3[C@]4(OC(C)=O)CO[C@@H]4C[C@H](O)[C@@]3(C)C(=O)[C@H](O)C(=C1C)C2(C)C. The van der Waals surface area contributed by atoms with Crippen LogP contribution in [0.2, 0.25) is 0 Å². The number of benzene rings is 2. The molecule has 0 spiro atoms. The lowest BCUT2D eigenvalue weighted by molar-refractivity contribution is -0.346. The number of fused-ring (bicyclic) bond motifs is 5. The third kappa shape index (κ3) is 7.27. The van der Waals surface area contributed by atoms with Gasteiger partial charge in [-0.05, 0) is 49.1 Å². The fourth-order valence-electron chi connectivity index (χ4n) is 9.60. The van der Waals surface area contributed by atoms with Gasteiger partial charge in [-0.1, -0.05) is 87.5 Å². The Labute approximate surface area is 341 Å². The van der Waals surface area contributed by atoms with Crippen molar-refractivity contribution in [3.63, 3.8) is 0 Å². The number of carbonyl (C=O) groups is 5. The van der Waals surface area contributed by atoms with Gasteiger partial charge in [-0.15, -0.1) is 0 Å². The number of nitrogens with one attached hydrogen (secondary N) is 1. The van der Waals surface area contributed by atoms with Gasteiger partial charge in [0.25, 0.3) is 5.24 Å². The van der Waals surface area contributed by atoms with Crippen LogP contribution in [-0.4, -0.2) is 110 Å². The zero-order valence-electron chi connectivity index (χ0n) is 33.5. The first-order valence-electron chi connectivity index (χ1n) is 19.6. The number of aliphatic hydroxyl groups excluding tert-OH is 3. The predicted molar refractivity (Wildman–Crippen MR) is 210 cm³/mol. The van der Waals surface area contributed by atoms with Gasteiger partial charge in [0.15, 0.2) is 17.5 Å². The fraction of sp³-hybridized carbons (Fsp3) is 0.558. The number of rotatable bonds is 11. The van der Waals surface area contributed by atoms with Crippen LogP contribution in [0.3, 0.4) is 0 Å². The Hall–Kier alpha value is -4.12. The molecule has 6 rings (SSSR count). The highest BCUT2D eigenvalue weighted by molar-refractivity contribution is 8.13. The van der Waals surface area contributed by atoms with Gasteiger partial charge in [-0.2, -0.15) is 0 Å². The molecule has 0 unspecified atom stereocenters. The molecular weight excluding hydrogens is 771 g/mol. The maximum Gasteiger partial charge on any atom is 0.338 e. The van der Waals surface area contributed by atoms with Crippen LogP contribution in [0.1, 0.15) is 89.2 Å². The summed E-state index contributed by atoms with van der Waals surface area (Å²) in [5, 5.41) is 51.3. The van der Waals surface area contributed by atoms with Crippen molar-refractivity contribution in [2.75, 3.05) is 12.4 Å². The Morgan fingerprint density at radius 1 is 1.00 bits per heavy atom. The van der Waals surface area contributed by atoms with E-state index in [4.69, 9.17) is 18.9 Å². The van der Waals surface area contributed by atoms with Gasteiger partial charge in [0.2, 0.25) is 0 Å². The molecule has 0 radical (unpaired) electrons. The molecule has 4 aliphatic rings. The van der Waals surface area contributed by atoms with Crippen molar-refractivity contribution in [3.8, 4) is 0 Å². The highest BCUT2D eigenvalue weighted by Crippen LogP contribution is 2.64. The summed E-state index contributed by atoms with van der Waals surface area (Å²) in [5.74, 6) is -4.73. The second-order valence-electron chi connectivity index (χ2n) is 16.6. The number of amides is 1. The van der Waals surface area contributed by atoms with E-state index in [1.54, 1.807) is 62.4 Å². The van der Waals surface area contributed by atoms with Crippen molar-refractivity contribution in [2.24, 2.45) is 16.7 Å². The maximum absolute atomic E-state index is 15.0. The van der Waals surface area contributed by atoms with Crippen LogP contribution in [0.5, 0.6) is 0 Å². The van der Waals surface area contributed by atoms with Crippen LogP contribution in [0.25, 0.3) is 0 Å². The van der Waals surface area contributed by atoms with Gasteiger partial charge < -0.3 is 44.7 Å². The molecule has 0 aromatic heterocycles. The van der Waals surface area contributed by atoms with E-state index in [9.17, 15) is 44.4 Å². The normalized spacial score (nSPS) is 33.4. The summed E-state index contributed by atoms with van der Waals surface area (Å²) in [4.78, 5) is 69.0. The number of carbonyl (C=O) groups excluding carboxylic acids is 5. The summed E-state index contributed by atoms with van der Waals surface area (Å²) in [5.41, 5.74) is -7.01. The molecule has 2 aromatic carbocycles. The lowest BCUT2D eigenvalue weighted by Gasteiger charge is -2.67. The number of aliphatic hydroxyl groups is 4. The second kappa shape index (κ2) is 16.5. The quantitative estimate of drug-likeness (QED) is 0.0939. The molecule has 314 valence electrons. The Morgan fingerprint density at radius 2 is 1.64 bits per heavy atom. The number of ether oxygens (including phenoxy) is 4. The zero-order chi connectivity index (χ0) is 42.4. The van der Waals surface area contributed by atoms with E-state index in [0.717, 1.165) is 31.5 Å². The first kappa shape index (κ1) is 43.5. The lowest BCUT2D eigenvalue weighted by atomic mass is 9.44. The molecule has 2 saturated carbocycles. The van der Waals surface area contributed by atoms with Gasteiger partial charge in [-0.3, -0.25) is 14.4 Å². The monoisotopic (exact) mass is 823 g/mol. The summed E-state index contributed by atoms with van der Waals surface area (Å²) in [6.07, 6.45) is -8.69. The zero-order valence-corrected chi connectivity index (χ0v) is 34.3. The third-order valence-electron chi connectivity index (χ3n) is 12.9.